The molecule has 0 saturated heterocycles. The highest BCUT2D eigenvalue weighted by Crippen LogP contribution is 2.47. The van der Waals surface area contributed by atoms with E-state index < -0.39 is 0 Å². The predicted molar refractivity (Wildman–Crippen MR) is 444 cm³/mol. The van der Waals surface area contributed by atoms with Gasteiger partial charge in [-0.3, -0.25) is 0 Å². The molecular weight excluding hydrogens is 1350 g/mol. The molecule has 0 saturated carbocycles. The maximum absolute atomic E-state index is 10.3. The summed E-state index contributed by atoms with van der Waals surface area (Å²) in [5.41, 5.74) is 24.8. The quantitative estimate of drug-likeness (QED) is 0.161. The van der Waals surface area contributed by atoms with Gasteiger partial charge in [-0.2, -0.15) is 15.8 Å². The first-order valence-electron chi connectivity index (χ1n) is 36.5. The molecule has 24 aromatic rings. The summed E-state index contributed by atoms with van der Waals surface area (Å²) in [7, 11) is 0. The van der Waals surface area contributed by atoms with Crippen molar-refractivity contribution >= 4 is 175 Å². The van der Waals surface area contributed by atoms with Crippen LogP contribution >= 0.6 is 0 Å². The minimum Gasteiger partial charge on any atom is -0.456 e. The van der Waals surface area contributed by atoms with Crippen LogP contribution in [0.5, 0.6) is 0 Å². The Bertz CT molecular complexity index is 8260. The van der Waals surface area contributed by atoms with Gasteiger partial charge in [-0.1, -0.05) is 140 Å². The Morgan fingerprint density at radius 1 is 0.200 bits per heavy atom. The molecule has 0 N–H and O–H groups in total. The topological polar surface area (TPSA) is 144 Å². The van der Waals surface area contributed by atoms with Gasteiger partial charge < -0.3 is 35.9 Å². The number of benzene rings is 16. The van der Waals surface area contributed by atoms with E-state index in [1.807, 2.05) is 97.1 Å². The first kappa shape index (κ1) is 60.8. The fourth-order valence-corrected chi connectivity index (χ4v) is 17.5. The second-order valence-electron chi connectivity index (χ2n) is 28.4. The highest BCUT2D eigenvalue weighted by atomic mass is 16.3. The second kappa shape index (κ2) is 23.2. The van der Waals surface area contributed by atoms with Crippen LogP contribution in [-0.4, -0.2) is 18.3 Å². The van der Waals surface area contributed by atoms with Gasteiger partial charge in [-0.25, -0.2) is 0 Å². The lowest BCUT2D eigenvalue weighted by Gasteiger charge is -2.11. The van der Waals surface area contributed by atoms with Crippen molar-refractivity contribution in [3.8, 4) is 63.2 Å². The van der Waals surface area contributed by atoms with E-state index in [1.165, 1.54) is 10.8 Å². The van der Waals surface area contributed by atoms with Crippen LogP contribution in [0.15, 0.2) is 339 Å². The number of fused-ring (bicyclic) bond motifs is 24. The van der Waals surface area contributed by atoms with Crippen molar-refractivity contribution < 1.29 is 17.7 Å². The third kappa shape index (κ3) is 8.90. The maximum atomic E-state index is 10.3. The number of nitriles is 3. The Morgan fingerprint density at radius 2 is 0.509 bits per heavy atom. The van der Waals surface area contributed by atoms with Crippen LogP contribution in [-0.2, 0) is 0 Å². The van der Waals surface area contributed by atoms with E-state index >= 15 is 0 Å². The fraction of sp³-hybridized carbons (Fsp3) is 0. The van der Waals surface area contributed by atoms with Crippen LogP contribution in [0.4, 0.5) is 0 Å². The standard InChI is InChI=1S/C50H26N4O2.C49H27N3O2/c51-27-31-9-8-14-42(41(31)28-52)54-44-20-18-30(22-36(44)38-24-40-34-13-5-7-16-48(34)56-50(40)26-46(38)54)29-17-19-43-35(21-29)37-23-39-33-12-4-6-15-47(33)55-49(39)25-45(37)53(43)32-10-2-1-3-11-32;50-28-29-14-18-33(19-15-29)52-43-21-17-31(23-37(43)39-25-41-35-11-5-7-13-47(35)54-49(41)27-45(39)52)30-16-20-42-36(22-30)38-24-40-34-10-4-6-12-46(34)53-48(40)26-44(38)51(42)32-8-2-1-3-9-32/h1-26H;1-27H. The highest BCUT2D eigenvalue weighted by Gasteiger charge is 2.25. The van der Waals surface area contributed by atoms with Crippen molar-refractivity contribution in [2.45, 2.75) is 0 Å². The molecule has 0 amide bonds. The minimum atomic E-state index is 0.336. The van der Waals surface area contributed by atoms with Crippen molar-refractivity contribution in [2.24, 2.45) is 0 Å². The van der Waals surface area contributed by atoms with Crippen molar-refractivity contribution in [1.29, 1.82) is 15.8 Å². The van der Waals surface area contributed by atoms with Crippen LogP contribution in [0.25, 0.3) is 220 Å². The SMILES string of the molecule is N#Cc1ccc(-n2c3ccc(-c4ccc5c(c4)c4cc6c(cc4n5-c4ccccc4)oc4ccccc46)cc3c3cc4c(cc32)oc2ccccc24)cc1.N#Cc1cccc(-n2c3ccc(-c4ccc5c(c4)c4cc6c(cc4n5-c4ccccc4)oc4ccccc46)cc3c3cc4c(cc32)oc2ccccc24)c1C#N. The molecule has 8 heterocycles. The van der Waals surface area contributed by atoms with Gasteiger partial charge >= 0.3 is 0 Å². The number of hydrogen-bond donors (Lipinski definition) is 0. The molecule has 11 nitrogen and oxygen atoms in total. The minimum absolute atomic E-state index is 0.336. The van der Waals surface area contributed by atoms with Crippen LogP contribution in [0.3, 0.4) is 0 Å². The average Bonchev–Trinajstić information content (AvgIpc) is 1.58. The van der Waals surface area contributed by atoms with E-state index in [0.717, 1.165) is 204 Å². The van der Waals surface area contributed by atoms with Crippen molar-refractivity contribution in [1.82, 2.24) is 18.3 Å². The summed E-state index contributed by atoms with van der Waals surface area (Å²) in [5, 5.41) is 47.5. The predicted octanol–water partition coefficient (Wildman–Crippen LogP) is 26.3. The van der Waals surface area contributed by atoms with Crippen molar-refractivity contribution in [3.63, 3.8) is 0 Å². The molecule has 11 heteroatoms. The molecule has 0 atom stereocenters. The van der Waals surface area contributed by atoms with Gasteiger partial charge in [0.1, 0.15) is 56.8 Å². The lowest BCUT2D eigenvalue weighted by molar-refractivity contribution is 0.669. The van der Waals surface area contributed by atoms with Gasteiger partial charge in [-0.15, -0.1) is 0 Å². The lowest BCUT2D eigenvalue weighted by Crippen LogP contribution is -1.99. The van der Waals surface area contributed by atoms with Gasteiger partial charge in [0.25, 0.3) is 0 Å². The monoisotopic (exact) mass is 1400 g/mol. The average molecular weight is 1400 g/mol. The summed E-state index contributed by atoms with van der Waals surface area (Å²) in [6.45, 7) is 0. The second-order valence-corrected chi connectivity index (χ2v) is 28.4. The largest absolute Gasteiger partial charge is 0.456 e. The normalized spacial score (nSPS) is 12.0. The molecular formula is C99H53N7O4. The summed E-state index contributed by atoms with van der Waals surface area (Å²) >= 11 is 0. The summed E-state index contributed by atoms with van der Waals surface area (Å²) in [5.74, 6) is 0. The number of para-hydroxylation sites is 6. The summed E-state index contributed by atoms with van der Waals surface area (Å²) in [4.78, 5) is 0. The van der Waals surface area contributed by atoms with Crippen LogP contribution in [0, 0.1) is 34.0 Å². The number of aromatic nitrogens is 4. The van der Waals surface area contributed by atoms with Gasteiger partial charge in [0, 0.05) is 128 Å². The van der Waals surface area contributed by atoms with E-state index in [0.29, 0.717) is 22.4 Å². The molecule has 0 aliphatic heterocycles. The van der Waals surface area contributed by atoms with E-state index in [4.69, 9.17) is 17.7 Å². The Labute approximate surface area is 624 Å². The number of rotatable bonds is 6. The molecule has 110 heavy (non-hydrogen) atoms. The number of hydrogen-bond acceptors (Lipinski definition) is 7. The Morgan fingerprint density at radius 3 is 0.845 bits per heavy atom. The van der Waals surface area contributed by atoms with E-state index in [2.05, 4.69) is 255 Å². The Hall–Kier alpha value is -15.6. The molecule has 0 spiro atoms. The Balaban J connectivity index is 0.000000132. The molecule has 0 aliphatic carbocycles. The van der Waals surface area contributed by atoms with Crippen LogP contribution < -0.4 is 0 Å². The summed E-state index contributed by atoms with van der Waals surface area (Å²) in [6.07, 6.45) is 0. The number of furan rings is 4. The first-order chi connectivity index (χ1) is 54.4. The van der Waals surface area contributed by atoms with Gasteiger partial charge in [0.05, 0.1) is 72.6 Å². The zero-order chi connectivity index (χ0) is 72.6. The fourth-order valence-electron chi connectivity index (χ4n) is 17.5. The Kier molecular flexibility index (Phi) is 12.8. The van der Waals surface area contributed by atoms with E-state index in [-0.39, 0.29) is 0 Å². The molecule has 16 aromatic carbocycles. The molecule has 0 fully saturated rings. The van der Waals surface area contributed by atoms with Gasteiger partial charge in [-0.05, 0) is 180 Å². The molecule has 0 bridgehead atoms. The molecule has 24 rings (SSSR count). The third-order valence-corrected chi connectivity index (χ3v) is 22.5. The van der Waals surface area contributed by atoms with E-state index in [9.17, 15) is 15.8 Å². The molecule has 0 radical (unpaired) electrons. The van der Waals surface area contributed by atoms with Gasteiger partial charge in [0.2, 0.25) is 0 Å². The van der Waals surface area contributed by atoms with Crippen molar-refractivity contribution in [2.75, 3.05) is 0 Å². The smallest absolute Gasteiger partial charge is 0.137 e. The summed E-state index contributed by atoms with van der Waals surface area (Å²) in [6, 6.07) is 118. The zero-order valence-electron chi connectivity index (χ0n) is 58.4. The number of nitrogens with zero attached hydrogens (tertiary/aromatic N) is 7. The van der Waals surface area contributed by atoms with Crippen LogP contribution in [0.2, 0.25) is 0 Å². The molecule has 0 unspecified atom stereocenters. The third-order valence-electron chi connectivity index (χ3n) is 22.5. The van der Waals surface area contributed by atoms with Crippen molar-refractivity contribution in [3.05, 3.63) is 338 Å². The van der Waals surface area contributed by atoms with Gasteiger partial charge in [0.15, 0.2) is 0 Å². The van der Waals surface area contributed by atoms with E-state index in [1.54, 1.807) is 6.07 Å². The molecule has 508 valence electrons. The summed E-state index contributed by atoms with van der Waals surface area (Å²) < 4.78 is 34.5. The first-order valence-corrected chi connectivity index (χ1v) is 36.5. The lowest BCUT2D eigenvalue weighted by atomic mass is 10.00. The zero-order valence-corrected chi connectivity index (χ0v) is 58.4. The van der Waals surface area contributed by atoms with Crippen LogP contribution in [0.1, 0.15) is 16.7 Å². The maximum Gasteiger partial charge on any atom is 0.137 e. The molecule has 8 aromatic heterocycles. The highest BCUT2D eigenvalue weighted by molar-refractivity contribution is 6.23. The molecule has 0 aliphatic rings.